The van der Waals surface area contributed by atoms with Gasteiger partial charge in [0.25, 0.3) is 0 Å². The van der Waals surface area contributed by atoms with Gasteiger partial charge in [-0.3, -0.25) is 4.98 Å². The molecule has 0 aliphatic heterocycles. The highest BCUT2D eigenvalue weighted by atomic mass is 14.7. The van der Waals surface area contributed by atoms with E-state index in [0.29, 0.717) is 0 Å². The maximum Gasteiger partial charge on any atom is 0.0732 e. The van der Waals surface area contributed by atoms with E-state index in [4.69, 9.17) is 5.73 Å². The Morgan fingerprint density at radius 1 is 1.06 bits per heavy atom. The number of hydrogen-bond donors (Lipinski definition) is 1. The number of nitrogens with zero attached hydrogens (tertiary/aromatic N) is 1. The molecule has 18 heavy (non-hydrogen) atoms. The molecule has 0 atom stereocenters. The van der Waals surface area contributed by atoms with E-state index >= 15 is 0 Å². The minimum Gasteiger partial charge on any atom is -0.397 e. The molecular weight excluding hydrogens is 220 g/mol. The van der Waals surface area contributed by atoms with Crippen LogP contribution in [-0.4, -0.2) is 4.98 Å². The molecule has 0 amide bonds. The molecule has 1 aliphatic rings. The number of pyridine rings is 1. The van der Waals surface area contributed by atoms with Crippen molar-refractivity contribution in [2.75, 3.05) is 5.73 Å². The number of nitrogen functional groups attached to an aromatic ring is 1. The first-order valence-corrected chi connectivity index (χ1v) is 6.58. The van der Waals surface area contributed by atoms with Gasteiger partial charge in [0.1, 0.15) is 0 Å². The molecule has 2 nitrogen and oxygen atoms in total. The summed E-state index contributed by atoms with van der Waals surface area (Å²) in [4.78, 5) is 4.47. The predicted octanol–water partition coefficient (Wildman–Crippen LogP) is 3.52. The van der Waals surface area contributed by atoms with Gasteiger partial charge in [-0.25, -0.2) is 0 Å². The molecule has 2 aromatic rings. The number of nitrogens with two attached hydrogens (primary N) is 1. The molecule has 1 aromatic carbocycles. The van der Waals surface area contributed by atoms with Gasteiger partial charge in [0.2, 0.25) is 0 Å². The lowest BCUT2D eigenvalue weighted by molar-refractivity contribution is 0.686. The molecule has 0 saturated heterocycles. The van der Waals surface area contributed by atoms with Crippen molar-refractivity contribution in [3.8, 4) is 11.3 Å². The van der Waals surface area contributed by atoms with Crippen molar-refractivity contribution in [3.05, 3.63) is 47.2 Å². The van der Waals surface area contributed by atoms with Crippen molar-refractivity contribution in [3.63, 3.8) is 0 Å². The first kappa shape index (κ1) is 11.3. The van der Waals surface area contributed by atoms with Crippen LogP contribution in [-0.2, 0) is 12.8 Å². The fourth-order valence-corrected chi connectivity index (χ4v) is 2.78. The Kier molecular flexibility index (Phi) is 2.78. The quantitative estimate of drug-likeness (QED) is 0.825. The molecule has 0 radical (unpaired) electrons. The average molecular weight is 238 g/mol. The largest absolute Gasteiger partial charge is 0.397 e. The fourth-order valence-electron chi connectivity index (χ4n) is 2.78. The van der Waals surface area contributed by atoms with Gasteiger partial charge in [-0.1, -0.05) is 12.1 Å². The van der Waals surface area contributed by atoms with Gasteiger partial charge in [-0.05, 0) is 61.4 Å². The van der Waals surface area contributed by atoms with Crippen molar-refractivity contribution < 1.29 is 0 Å². The van der Waals surface area contributed by atoms with Gasteiger partial charge >= 0.3 is 0 Å². The Hall–Kier alpha value is -1.83. The van der Waals surface area contributed by atoms with Crippen molar-refractivity contribution >= 4 is 5.69 Å². The van der Waals surface area contributed by atoms with E-state index in [2.05, 4.69) is 30.1 Å². The highest BCUT2D eigenvalue weighted by Crippen LogP contribution is 2.28. The van der Waals surface area contributed by atoms with Crippen LogP contribution in [0.4, 0.5) is 5.69 Å². The number of aryl methyl sites for hydroxylation is 3. The summed E-state index contributed by atoms with van der Waals surface area (Å²) in [5.74, 6) is 0. The number of hydrogen-bond acceptors (Lipinski definition) is 2. The van der Waals surface area contributed by atoms with Crippen LogP contribution in [0.3, 0.4) is 0 Å². The van der Waals surface area contributed by atoms with Crippen LogP contribution < -0.4 is 5.73 Å². The number of fused-ring (bicyclic) bond motifs is 1. The van der Waals surface area contributed by atoms with Crippen LogP contribution in [0.2, 0.25) is 0 Å². The maximum atomic E-state index is 5.75. The molecule has 0 unspecified atom stereocenters. The van der Waals surface area contributed by atoms with Gasteiger partial charge in [-0.15, -0.1) is 0 Å². The topological polar surface area (TPSA) is 38.9 Å². The molecule has 0 bridgehead atoms. The third-order valence-corrected chi connectivity index (χ3v) is 3.72. The lowest BCUT2D eigenvalue weighted by Crippen LogP contribution is -2.02. The molecule has 1 aliphatic carbocycles. The fraction of sp³-hybridized carbons (Fsp3) is 0.312. The molecule has 2 heteroatoms. The highest BCUT2D eigenvalue weighted by molar-refractivity contribution is 5.66. The minimum atomic E-state index is 0.731. The first-order chi connectivity index (χ1) is 8.74. The zero-order valence-corrected chi connectivity index (χ0v) is 10.7. The Balaban J connectivity index is 2.06. The summed E-state index contributed by atoms with van der Waals surface area (Å²) in [7, 11) is 0. The monoisotopic (exact) mass is 238 g/mol. The van der Waals surface area contributed by atoms with E-state index in [1.54, 1.807) is 6.20 Å². The molecule has 0 spiro atoms. The van der Waals surface area contributed by atoms with Crippen molar-refractivity contribution in [2.45, 2.75) is 32.6 Å². The summed E-state index contributed by atoms with van der Waals surface area (Å²) in [6, 6.07) is 8.75. The Labute approximate surface area is 108 Å². The summed E-state index contributed by atoms with van der Waals surface area (Å²) in [6.07, 6.45) is 6.80. The number of rotatable bonds is 1. The van der Waals surface area contributed by atoms with E-state index in [1.165, 1.54) is 42.4 Å². The summed E-state index contributed by atoms with van der Waals surface area (Å²) >= 11 is 0. The lowest BCUT2D eigenvalue weighted by atomic mass is 9.89. The minimum absolute atomic E-state index is 0.731. The molecule has 0 fully saturated rings. The SMILES string of the molecule is Cc1cc(N)cnc1-c1ccc2c(c1)CCCC2. The number of aromatic nitrogens is 1. The third-order valence-electron chi connectivity index (χ3n) is 3.72. The van der Waals surface area contributed by atoms with E-state index < -0.39 is 0 Å². The predicted molar refractivity (Wildman–Crippen MR) is 75.5 cm³/mol. The maximum absolute atomic E-state index is 5.75. The molecule has 92 valence electrons. The van der Waals surface area contributed by atoms with Gasteiger partial charge < -0.3 is 5.73 Å². The Bertz CT molecular complexity index is 588. The van der Waals surface area contributed by atoms with Gasteiger partial charge in [-0.2, -0.15) is 0 Å². The molecule has 2 N–H and O–H groups in total. The van der Waals surface area contributed by atoms with Crippen LogP contribution >= 0.6 is 0 Å². The van der Waals surface area contributed by atoms with E-state index in [0.717, 1.165) is 16.9 Å². The van der Waals surface area contributed by atoms with E-state index in [1.807, 2.05) is 6.07 Å². The second-order valence-electron chi connectivity index (χ2n) is 5.12. The number of benzene rings is 1. The van der Waals surface area contributed by atoms with Crippen LogP contribution in [0.1, 0.15) is 29.5 Å². The van der Waals surface area contributed by atoms with Crippen molar-refractivity contribution in [2.24, 2.45) is 0 Å². The van der Waals surface area contributed by atoms with Crippen LogP contribution in [0.5, 0.6) is 0 Å². The molecular formula is C16H18N2. The molecule has 0 saturated carbocycles. The smallest absolute Gasteiger partial charge is 0.0732 e. The molecule has 3 rings (SSSR count). The third kappa shape index (κ3) is 1.99. The van der Waals surface area contributed by atoms with Crippen LogP contribution in [0, 0.1) is 6.92 Å². The number of anilines is 1. The summed E-state index contributed by atoms with van der Waals surface area (Å²) in [5.41, 5.74) is 12.9. The second-order valence-corrected chi connectivity index (χ2v) is 5.12. The molecule has 1 aromatic heterocycles. The summed E-state index contributed by atoms with van der Waals surface area (Å²) in [5, 5.41) is 0. The summed E-state index contributed by atoms with van der Waals surface area (Å²) < 4.78 is 0. The zero-order valence-electron chi connectivity index (χ0n) is 10.7. The Morgan fingerprint density at radius 2 is 1.83 bits per heavy atom. The lowest BCUT2D eigenvalue weighted by Gasteiger charge is -2.17. The zero-order chi connectivity index (χ0) is 12.5. The first-order valence-electron chi connectivity index (χ1n) is 6.58. The van der Waals surface area contributed by atoms with Gasteiger partial charge in [0, 0.05) is 5.56 Å². The van der Waals surface area contributed by atoms with Crippen molar-refractivity contribution in [1.82, 2.24) is 4.98 Å². The van der Waals surface area contributed by atoms with E-state index in [-0.39, 0.29) is 0 Å². The van der Waals surface area contributed by atoms with Gasteiger partial charge in [0.05, 0.1) is 17.6 Å². The average Bonchev–Trinajstić information content (AvgIpc) is 2.38. The van der Waals surface area contributed by atoms with Crippen molar-refractivity contribution in [1.29, 1.82) is 0 Å². The second kappa shape index (κ2) is 4.45. The normalized spacial score (nSPS) is 14.3. The highest BCUT2D eigenvalue weighted by Gasteiger charge is 2.11. The Morgan fingerprint density at radius 3 is 2.61 bits per heavy atom. The van der Waals surface area contributed by atoms with E-state index in [9.17, 15) is 0 Å². The standard InChI is InChI=1S/C16H18N2/c1-11-8-15(17)10-18-16(11)14-7-6-12-4-2-3-5-13(12)9-14/h6-10H,2-5,17H2,1H3. The molecule has 1 heterocycles. The van der Waals surface area contributed by atoms with Crippen LogP contribution in [0.25, 0.3) is 11.3 Å². The summed E-state index contributed by atoms with van der Waals surface area (Å²) in [6.45, 7) is 2.07. The van der Waals surface area contributed by atoms with Crippen LogP contribution in [0.15, 0.2) is 30.5 Å². The van der Waals surface area contributed by atoms with Gasteiger partial charge in [0.15, 0.2) is 0 Å².